The van der Waals surface area contributed by atoms with Crippen LogP contribution in [-0.2, 0) is 11.3 Å². The smallest absolute Gasteiger partial charge is 0.338 e. The quantitative estimate of drug-likeness (QED) is 0.438. The molecule has 1 aliphatic rings. The van der Waals surface area contributed by atoms with E-state index in [0.717, 1.165) is 18.4 Å². The van der Waals surface area contributed by atoms with Crippen LogP contribution in [0.4, 0.5) is 0 Å². The molecule has 0 saturated carbocycles. The number of ether oxygens (including phenoxy) is 1. The highest BCUT2D eigenvalue weighted by atomic mass is 16.5. The summed E-state index contributed by atoms with van der Waals surface area (Å²) < 4.78 is 10.7. The third kappa shape index (κ3) is 3.71. The lowest BCUT2D eigenvalue weighted by Gasteiger charge is -2.12. The molecule has 0 radical (unpaired) electrons. The van der Waals surface area contributed by atoms with E-state index >= 15 is 0 Å². The summed E-state index contributed by atoms with van der Waals surface area (Å²) in [7, 11) is 0. The Balaban J connectivity index is 1.43. The second-order valence-electron chi connectivity index (χ2n) is 6.82. The topological polar surface area (TPSA) is 103 Å². The van der Waals surface area contributed by atoms with Crippen molar-refractivity contribution in [3.63, 3.8) is 0 Å². The third-order valence-electron chi connectivity index (χ3n) is 4.76. The first-order valence-electron chi connectivity index (χ1n) is 9.63. The Morgan fingerprint density at radius 2 is 1.80 bits per heavy atom. The average Bonchev–Trinajstić information content (AvgIpc) is 3.35. The molecule has 0 atom stereocenters. The molecule has 2 amide bonds. The number of rotatable bonds is 7. The number of nitrogens with zero attached hydrogens (tertiary/aromatic N) is 3. The zero-order chi connectivity index (χ0) is 21.1. The van der Waals surface area contributed by atoms with E-state index < -0.39 is 5.97 Å². The molecule has 4 rings (SSSR count). The highest BCUT2D eigenvalue weighted by Crippen LogP contribution is 2.25. The van der Waals surface area contributed by atoms with E-state index in [1.54, 1.807) is 0 Å². The fraction of sp³-hybridized carbons (Fsp3) is 0.227. The highest BCUT2D eigenvalue weighted by molar-refractivity contribution is 6.21. The summed E-state index contributed by atoms with van der Waals surface area (Å²) in [6.07, 6.45) is 1.60. The number of unbranched alkanes of at least 4 members (excludes halogenated alkanes) is 1. The van der Waals surface area contributed by atoms with Gasteiger partial charge in [0.05, 0.1) is 16.7 Å². The molecule has 1 aliphatic heterocycles. The number of carbonyl (C=O) groups is 3. The van der Waals surface area contributed by atoms with Crippen molar-refractivity contribution in [3.05, 3.63) is 71.1 Å². The SMILES string of the molecule is CCCCN1C(=O)c2ccc(C(=O)OCc3nnc(-c4ccccc4)o3)cc2C1=O. The number of hydrogen-bond acceptors (Lipinski definition) is 7. The van der Waals surface area contributed by atoms with Gasteiger partial charge < -0.3 is 9.15 Å². The molecule has 8 nitrogen and oxygen atoms in total. The van der Waals surface area contributed by atoms with Crippen LogP contribution in [0, 0.1) is 0 Å². The number of carbonyl (C=O) groups excluding carboxylic acids is 3. The molecule has 0 aliphatic carbocycles. The lowest BCUT2D eigenvalue weighted by atomic mass is 10.1. The molecule has 0 fully saturated rings. The maximum atomic E-state index is 12.5. The van der Waals surface area contributed by atoms with Gasteiger partial charge in [-0.2, -0.15) is 0 Å². The van der Waals surface area contributed by atoms with E-state index in [2.05, 4.69) is 10.2 Å². The fourth-order valence-corrected chi connectivity index (χ4v) is 3.16. The van der Waals surface area contributed by atoms with Gasteiger partial charge in [-0.05, 0) is 36.8 Å². The van der Waals surface area contributed by atoms with E-state index in [1.807, 2.05) is 37.3 Å². The first kappa shape index (κ1) is 19.5. The summed E-state index contributed by atoms with van der Waals surface area (Å²) in [4.78, 5) is 38.5. The minimum absolute atomic E-state index is 0.153. The van der Waals surface area contributed by atoms with Crippen molar-refractivity contribution in [1.82, 2.24) is 15.1 Å². The Morgan fingerprint density at radius 1 is 1.03 bits per heavy atom. The molecular formula is C22H19N3O5. The Kier molecular flexibility index (Phi) is 5.38. The molecule has 30 heavy (non-hydrogen) atoms. The fourth-order valence-electron chi connectivity index (χ4n) is 3.16. The van der Waals surface area contributed by atoms with Gasteiger partial charge in [-0.3, -0.25) is 14.5 Å². The summed E-state index contributed by atoms with van der Waals surface area (Å²) in [5, 5.41) is 7.82. The monoisotopic (exact) mass is 405 g/mol. The van der Waals surface area contributed by atoms with Crippen molar-refractivity contribution >= 4 is 17.8 Å². The third-order valence-corrected chi connectivity index (χ3v) is 4.76. The predicted molar refractivity (Wildman–Crippen MR) is 106 cm³/mol. The lowest BCUT2D eigenvalue weighted by molar-refractivity contribution is 0.0438. The maximum absolute atomic E-state index is 12.5. The zero-order valence-electron chi connectivity index (χ0n) is 16.3. The Bertz CT molecular complexity index is 1110. The van der Waals surface area contributed by atoms with E-state index in [1.165, 1.54) is 23.1 Å². The molecule has 0 bridgehead atoms. The lowest BCUT2D eigenvalue weighted by Crippen LogP contribution is -2.30. The van der Waals surface area contributed by atoms with Gasteiger partial charge in [-0.25, -0.2) is 4.79 Å². The maximum Gasteiger partial charge on any atom is 0.338 e. The first-order chi connectivity index (χ1) is 14.6. The number of esters is 1. The van der Waals surface area contributed by atoms with Crippen LogP contribution >= 0.6 is 0 Å². The molecule has 152 valence electrons. The normalized spacial score (nSPS) is 12.9. The molecule has 0 spiro atoms. The molecule has 0 N–H and O–H groups in total. The van der Waals surface area contributed by atoms with Gasteiger partial charge in [0.25, 0.3) is 17.7 Å². The summed E-state index contributed by atoms with van der Waals surface area (Å²) in [6.45, 7) is 2.15. The van der Waals surface area contributed by atoms with E-state index in [9.17, 15) is 14.4 Å². The van der Waals surface area contributed by atoms with Crippen LogP contribution in [0.2, 0.25) is 0 Å². The van der Waals surface area contributed by atoms with Crippen LogP contribution in [0.15, 0.2) is 52.9 Å². The predicted octanol–water partition coefficient (Wildman–Crippen LogP) is 3.49. The van der Waals surface area contributed by atoms with Crippen molar-refractivity contribution in [1.29, 1.82) is 0 Å². The zero-order valence-corrected chi connectivity index (χ0v) is 16.3. The second kappa shape index (κ2) is 8.28. The second-order valence-corrected chi connectivity index (χ2v) is 6.82. The van der Waals surface area contributed by atoms with Crippen molar-refractivity contribution in [2.24, 2.45) is 0 Å². The van der Waals surface area contributed by atoms with Crippen molar-refractivity contribution in [3.8, 4) is 11.5 Å². The van der Waals surface area contributed by atoms with E-state index in [-0.39, 0.29) is 35.4 Å². The number of amides is 2. The van der Waals surface area contributed by atoms with Gasteiger partial charge in [0.15, 0.2) is 6.61 Å². The van der Waals surface area contributed by atoms with Gasteiger partial charge in [-0.1, -0.05) is 31.5 Å². The average molecular weight is 405 g/mol. The van der Waals surface area contributed by atoms with Crippen LogP contribution < -0.4 is 0 Å². The van der Waals surface area contributed by atoms with Gasteiger partial charge in [0.2, 0.25) is 5.89 Å². The largest absolute Gasteiger partial charge is 0.452 e. The number of imide groups is 1. The molecule has 8 heteroatoms. The summed E-state index contributed by atoms with van der Waals surface area (Å²) in [6, 6.07) is 13.6. The Labute approximate surface area is 172 Å². The first-order valence-corrected chi connectivity index (χ1v) is 9.63. The van der Waals surface area contributed by atoms with Crippen LogP contribution in [0.5, 0.6) is 0 Å². The number of aromatic nitrogens is 2. The summed E-state index contributed by atoms with van der Waals surface area (Å²) in [5.74, 6) is -0.884. The van der Waals surface area contributed by atoms with Crippen molar-refractivity contribution in [2.45, 2.75) is 26.4 Å². The van der Waals surface area contributed by atoms with Crippen LogP contribution in [0.3, 0.4) is 0 Å². The van der Waals surface area contributed by atoms with Crippen LogP contribution in [0.1, 0.15) is 56.7 Å². The molecule has 0 saturated heterocycles. The van der Waals surface area contributed by atoms with Crippen LogP contribution in [0.25, 0.3) is 11.5 Å². The number of benzene rings is 2. The number of hydrogen-bond donors (Lipinski definition) is 0. The van der Waals surface area contributed by atoms with Crippen molar-refractivity contribution in [2.75, 3.05) is 6.54 Å². The minimum Gasteiger partial charge on any atom is -0.452 e. The molecule has 1 aromatic heterocycles. The van der Waals surface area contributed by atoms with E-state index in [4.69, 9.17) is 9.15 Å². The molecular weight excluding hydrogens is 386 g/mol. The highest BCUT2D eigenvalue weighted by Gasteiger charge is 2.35. The summed E-state index contributed by atoms with van der Waals surface area (Å²) >= 11 is 0. The summed E-state index contributed by atoms with van der Waals surface area (Å²) in [5.41, 5.74) is 1.46. The number of fused-ring (bicyclic) bond motifs is 1. The minimum atomic E-state index is -0.649. The van der Waals surface area contributed by atoms with Gasteiger partial charge in [0.1, 0.15) is 0 Å². The Hall–Kier alpha value is -3.81. The molecule has 2 heterocycles. The molecule has 2 aromatic carbocycles. The van der Waals surface area contributed by atoms with Gasteiger partial charge >= 0.3 is 5.97 Å². The van der Waals surface area contributed by atoms with Gasteiger partial charge in [-0.15, -0.1) is 10.2 Å². The molecule has 0 unspecified atom stereocenters. The van der Waals surface area contributed by atoms with Crippen molar-refractivity contribution < 1.29 is 23.5 Å². The standard InChI is InChI=1S/C22H19N3O5/c1-2-3-11-25-20(26)16-10-9-15(12-17(16)21(25)27)22(28)29-13-18-23-24-19(30-18)14-7-5-4-6-8-14/h4-10,12H,2-3,11,13H2,1H3. The molecule has 3 aromatic rings. The Morgan fingerprint density at radius 3 is 2.57 bits per heavy atom. The van der Waals surface area contributed by atoms with Crippen LogP contribution in [-0.4, -0.2) is 39.4 Å². The van der Waals surface area contributed by atoms with E-state index in [0.29, 0.717) is 18.0 Å². The van der Waals surface area contributed by atoms with Gasteiger partial charge in [0, 0.05) is 12.1 Å².